The number of nitrogens with one attached hydrogen (secondary N) is 1. The zero-order valence-electron chi connectivity index (χ0n) is 13.9. The lowest BCUT2D eigenvalue weighted by molar-refractivity contribution is 0.288. The number of benzene rings is 2. The zero-order valence-corrected chi connectivity index (χ0v) is 14.7. The number of nitrogens with zero attached hydrogens (tertiary/aromatic N) is 1. The summed E-state index contributed by atoms with van der Waals surface area (Å²) in [6.45, 7) is 3.25. The summed E-state index contributed by atoms with van der Waals surface area (Å²) in [7, 11) is 0. The van der Waals surface area contributed by atoms with Crippen LogP contribution in [0.15, 0.2) is 40.8 Å². The van der Waals surface area contributed by atoms with Gasteiger partial charge in [-0.15, -0.1) is 0 Å². The summed E-state index contributed by atoms with van der Waals surface area (Å²) in [5.74, 6) is -0.249. The second-order valence-corrected chi connectivity index (χ2v) is 6.52. The highest BCUT2D eigenvalue weighted by molar-refractivity contribution is 6.35. The lowest BCUT2D eigenvalue weighted by atomic mass is 10.1. The van der Waals surface area contributed by atoms with Gasteiger partial charge in [0.2, 0.25) is 0 Å². The van der Waals surface area contributed by atoms with Crippen LogP contribution in [0, 0.1) is 11.8 Å². The summed E-state index contributed by atoms with van der Waals surface area (Å²) in [6.07, 6.45) is 0. The van der Waals surface area contributed by atoms with E-state index in [1.54, 1.807) is 18.2 Å². The molecule has 0 saturated carbocycles. The smallest absolute Gasteiger partial charge is 0.278 e. The Balaban J connectivity index is 1.63. The van der Waals surface area contributed by atoms with Crippen LogP contribution in [0.25, 0.3) is 11.0 Å². The van der Waals surface area contributed by atoms with Gasteiger partial charge in [-0.2, -0.15) is 4.39 Å². The quantitative estimate of drug-likeness (QED) is 0.732. The number of hydrogen-bond acceptors (Lipinski definition) is 4. The van der Waals surface area contributed by atoms with E-state index in [2.05, 4.69) is 10.2 Å². The molecule has 1 aliphatic rings. The molecule has 2 aromatic carbocycles. The summed E-state index contributed by atoms with van der Waals surface area (Å²) < 4.78 is 38.8. The summed E-state index contributed by atoms with van der Waals surface area (Å²) in [5, 5.41) is 4.13. The molecule has 2 heterocycles. The highest BCUT2D eigenvalue weighted by Gasteiger charge is 2.19. The minimum atomic E-state index is -0.721. The minimum absolute atomic E-state index is 0.0423. The molecule has 136 valence electrons. The van der Waals surface area contributed by atoms with E-state index in [1.165, 1.54) is 12.1 Å². The SMILES string of the molecule is Fc1cc2c(Cl)ccc(COc3c(F)cccc3N3CCNCC3)c2o1. The third-order valence-electron chi connectivity index (χ3n) is 4.46. The Bertz CT molecular complexity index is 939. The third kappa shape index (κ3) is 3.22. The minimum Gasteiger partial charge on any atom is -0.483 e. The lowest BCUT2D eigenvalue weighted by Crippen LogP contribution is -2.43. The molecular formula is C19H17ClF2N2O2. The van der Waals surface area contributed by atoms with E-state index in [4.69, 9.17) is 20.8 Å². The van der Waals surface area contributed by atoms with Gasteiger partial charge >= 0.3 is 0 Å². The molecule has 1 N–H and O–H groups in total. The summed E-state index contributed by atoms with van der Waals surface area (Å²) >= 11 is 6.07. The molecule has 0 unspecified atom stereocenters. The molecule has 1 saturated heterocycles. The Hall–Kier alpha value is -2.31. The second kappa shape index (κ2) is 7.13. The largest absolute Gasteiger partial charge is 0.483 e. The van der Waals surface area contributed by atoms with E-state index in [0.717, 1.165) is 26.2 Å². The number of hydrogen-bond donors (Lipinski definition) is 1. The molecule has 0 aliphatic carbocycles. The van der Waals surface area contributed by atoms with Crippen molar-refractivity contribution in [3.8, 4) is 5.75 Å². The molecule has 0 spiro atoms. The highest BCUT2D eigenvalue weighted by Crippen LogP contribution is 2.34. The van der Waals surface area contributed by atoms with Gasteiger partial charge in [0.15, 0.2) is 11.6 Å². The maximum atomic E-state index is 14.4. The van der Waals surface area contributed by atoms with Crippen LogP contribution >= 0.6 is 11.6 Å². The van der Waals surface area contributed by atoms with Crippen molar-refractivity contribution in [2.24, 2.45) is 0 Å². The van der Waals surface area contributed by atoms with Crippen molar-refractivity contribution < 1.29 is 17.9 Å². The van der Waals surface area contributed by atoms with Crippen LogP contribution in [0.1, 0.15) is 5.56 Å². The van der Waals surface area contributed by atoms with Crippen molar-refractivity contribution in [1.29, 1.82) is 0 Å². The third-order valence-corrected chi connectivity index (χ3v) is 4.79. The van der Waals surface area contributed by atoms with Crippen LogP contribution in [-0.4, -0.2) is 26.2 Å². The monoisotopic (exact) mass is 378 g/mol. The van der Waals surface area contributed by atoms with Crippen LogP contribution in [-0.2, 0) is 6.61 Å². The molecule has 4 rings (SSSR count). The Morgan fingerprint density at radius 3 is 2.77 bits per heavy atom. The fourth-order valence-corrected chi connectivity index (χ4v) is 3.38. The van der Waals surface area contributed by atoms with Gasteiger partial charge in [0.05, 0.1) is 10.7 Å². The van der Waals surface area contributed by atoms with Gasteiger partial charge in [-0.3, -0.25) is 0 Å². The molecule has 0 bridgehead atoms. The van der Waals surface area contributed by atoms with Gasteiger partial charge in [-0.1, -0.05) is 23.7 Å². The average molecular weight is 379 g/mol. The van der Waals surface area contributed by atoms with Crippen LogP contribution in [0.5, 0.6) is 5.75 Å². The van der Waals surface area contributed by atoms with Crippen LogP contribution < -0.4 is 15.0 Å². The first-order chi connectivity index (χ1) is 12.6. The highest BCUT2D eigenvalue weighted by atomic mass is 35.5. The number of furan rings is 1. The number of halogens is 3. The fourth-order valence-electron chi connectivity index (χ4n) is 3.17. The first kappa shape index (κ1) is 17.1. The maximum absolute atomic E-state index is 14.4. The summed E-state index contributed by atoms with van der Waals surface area (Å²) in [6, 6.07) is 8.73. The second-order valence-electron chi connectivity index (χ2n) is 6.11. The van der Waals surface area contributed by atoms with E-state index in [0.29, 0.717) is 27.2 Å². The summed E-state index contributed by atoms with van der Waals surface area (Å²) in [4.78, 5) is 2.08. The Morgan fingerprint density at radius 2 is 1.96 bits per heavy atom. The molecule has 3 aromatic rings. The number of fused-ring (bicyclic) bond motifs is 1. The first-order valence-corrected chi connectivity index (χ1v) is 8.74. The van der Waals surface area contributed by atoms with E-state index < -0.39 is 11.8 Å². The zero-order chi connectivity index (χ0) is 18.1. The normalized spacial score (nSPS) is 14.8. The van der Waals surface area contributed by atoms with Gasteiger partial charge in [-0.05, 0) is 18.2 Å². The molecule has 1 aliphatic heterocycles. The Kier molecular flexibility index (Phi) is 4.70. The van der Waals surface area contributed by atoms with E-state index in [1.807, 2.05) is 6.07 Å². The lowest BCUT2D eigenvalue weighted by Gasteiger charge is -2.30. The van der Waals surface area contributed by atoms with Gasteiger partial charge in [0, 0.05) is 43.2 Å². The predicted octanol–water partition coefficient (Wildman–Crippen LogP) is 4.35. The summed E-state index contributed by atoms with van der Waals surface area (Å²) in [5.41, 5.74) is 1.63. The van der Waals surface area contributed by atoms with Crippen LogP contribution in [0.4, 0.5) is 14.5 Å². The van der Waals surface area contributed by atoms with Crippen molar-refractivity contribution >= 4 is 28.3 Å². The van der Waals surface area contributed by atoms with Gasteiger partial charge in [-0.25, -0.2) is 4.39 Å². The van der Waals surface area contributed by atoms with Gasteiger partial charge in [0.25, 0.3) is 6.01 Å². The molecule has 26 heavy (non-hydrogen) atoms. The molecule has 1 fully saturated rings. The van der Waals surface area contributed by atoms with Gasteiger partial charge < -0.3 is 19.4 Å². The standard InChI is InChI=1S/C19H17ClF2N2O2/c20-14-5-4-12(18-13(14)10-17(22)26-18)11-25-19-15(21)2-1-3-16(19)24-8-6-23-7-9-24/h1-5,10,23H,6-9,11H2. The Labute approximate surface area is 154 Å². The topological polar surface area (TPSA) is 37.6 Å². The molecule has 7 heteroatoms. The van der Waals surface area contributed by atoms with E-state index in [9.17, 15) is 8.78 Å². The van der Waals surface area contributed by atoms with E-state index >= 15 is 0 Å². The average Bonchev–Trinajstić information content (AvgIpc) is 3.05. The van der Waals surface area contributed by atoms with E-state index in [-0.39, 0.29) is 12.4 Å². The van der Waals surface area contributed by atoms with Crippen molar-refractivity contribution in [3.05, 3.63) is 58.8 Å². The first-order valence-electron chi connectivity index (χ1n) is 8.37. The van der Waals surface area contributed by atoms with Crippen molar-refractivity contribution in [3.63, 3.8) is 0 Å². The number of anilines is 1. The molecule has 1 aromatic heterocycles. The van der Waals surface area contributed by atoms with Crippen LogP contribution in [0.3, 0.4) is 0 Å². The van der Waals surface area contributed by atoms with Crippen LogP contribution in [0.2, 0.25) is 5.02 Å². The number of para-hydroxylation sites is 1. The fraction of sp³-hybridized carbons (Fsp3) is 0.263. The Morgan fingerprint density at radius 1 is 1.15 bits per heavy atom. The van der Waals surface area contributed by atoms with Crippen molar-refractivity contribution in [2.75, 3.05) is 31.1 Å². The van der Waals surface area contributed by atoms with Crippen molar-refractivity contribution in [2.45, 2.75) is 6.61 Å². The van der Waals surface area contributed by atoms with Crippen molar-refractivity contribution in [1.82, 2.24) is 5.32 Å². The number of rotatable bonds is 4. The molecular weight excluding hydrogens is 362 g/mol. The number of ether oxygens (including phenoxy) is 1. The molecule has 4 nitrogen and oxygen atoms in total. The van der Waals surface area contributed by atoms with Gasteiger partial charge in [0.1, 0.15) is 12.2 Å². The molecule has 0 amide bonds. The predicted molar refractivity (Wildman–Crippen MR) is 97.0 cm³/mol. The molecule has 0 atom stereocenters. The number of piperazine rings is 1. The maximum Gasteiger partial charge on any atom is 0.278 e. The molecule has 0 radical (unpaired) electrons.